The van der Waals surface area contributed by atoms with Crippen LogP contribution in [0.5, 0.6) is 34.5 Å². The fraction of sp³-hybridized carbons (Fsp3) is 0.314. The number of nitrogens with zero attached hydrogens (tertiary/aromatic N) is 4. The molecule has 9 N–H and O–H groups in total. The quantitative estimate of drug-likeness (QED) is 0.0293. The van der Waals surface area contributed by atoms with E-state index in [1.54, 1.807) is 49.1 Å². The number of ether oxygens (including phenoxy) is 6. The molecule has 0 saturated heterocycles. The van der Waals surface area contributed by atoms with Crippen LogP contribution in [-0.2, 0) is 69.4 Å². The lowest BCUT2D eigenvalue weighted by atomic mass is 10.1. The highest BCUT2D eigenvalue weighted by atomic mass is 19.4. The minimum atomic E-state index is -5.16. The van der Waals surface area contributed by atoms with E-state index in [2.05, 4.69) is 61.1 Å². The average Bonchev–Trinajstić information content (AvgIpc) is 4.30. The van der Waals surface area contributed by atoms with Gasteiger partial charge in [0, 0.05) is 124 Å². The number of imidazole rings is 4. The van der Waals surface area contributed by atoms with Crippen molar-refractivity contribution < 1.29 is 65.6 Å². The minimum absolute atomic E-state index is 0.101. The molecule has 7 rings (SSSR count). The van der Waals surface area contributed by atoms with E-state index in [0.29, 0.717) is 63.0 Å². The normalized spacial score (nSPS) is 11.0. The lowest BCUT2D eigenvalue weighted by Gasteiger charge is -2.16. The second kappa shape index (κ2) is 28.9. The van der Waals surface area contributed by atoms with Crippen LogP contribution in [0.1, 0.15) is 39.5 Å². The molecule has 0 aliphatic heterocycles. The first-order chi connectivity index (χ1) is 37.8. The summed E-state index contributed by atoms with van der Waals surface area (Å²) in [5, 5.41) is 12.9. The minimum Gasteiger partial charge on any atom is -0.489 e. The van der Waals surface area contributed by atoms with E-state index in [9.17, 15) is 37.1 Å². The van der Waals surface area contributed by atoms with E-state index >= 15 is 0 Å². The number of H-pyrrole nitrogens is 4. The number of nitrogens with one attached hydrogen (secondary N) is 9. The lowest BCUT2D eigenvalue weighted by molar-refractivity contribution is -0.173. The molecule has 5 amide bonds. The van der Waals surface area contributed by atoms with Crippen molar-refractivity contribution in [1.82, 2.24) is 66.5 Å². The first-order valence-electron chi connectivity index (χ1n) is 24.3. The molecule has 4 aromatic heterocycles. The molecule has 24 nitrogen and oxygen atoms in total. The van der Waals surface area contributed by atoms with Gasteiger partial charge in [0.25, 0.3) is 23.6 Å². The van der Waals surface area contributed by atoms with Crippen molar-refractivity contribution in [2.45, 2.75) is 51.6 Å². The molecule has 0 spiro atoms. The topological polar surface area (TPSA) is 316 Å². The molecule has 3 aromatic carbocycles. The number of aromatic amines is 4. The molecule has 0 aliphatic rings. The van der Waals surface area contributed by atoms with Crippen LogP contribution in [0.3, 0.4) is 0 Å². The third-order valence-corrected chi connectivity index (χ3v) is 10.9. The van der Waals surface area contributed by atoms with Gasteiger partial charge in [-0.15, -0.1) is 0 Å². The predicted octanol–water partition coefficient (Wildman–Crippen LogP) is 2.87. The van der Waals surface area contributed by atoms with Gasteiger partial charge in [0.1, 0.15) is 47.7 Å². The Morgan fingerprint density at radius 2 is 0.679 bits per heavy atom. The summed E-state index contributed by atoms with van der Waals surface area (Å²) in [7, 11) is 0. The average molecular weight is 1080 g/mol. The number of halogens is 3. The Kier molecular flexibility index (Phi) is 20.8. The third kappa shape index (κ3) is 19.9. The molecule has 7 aromatic rings. The van der Waals surface area contributed by atoms with Gasteiger partial charge in [0.05, 0.1) is 25.3 Å². The van der Waals surface area contributed by atoms with Crippen LogP contribution in [0, 0.1) is 0 Å². The van der Waals surface area contributed by atoms with Crippen molar-refractivity contribution in [2.75, 3.05) is 52.6 Å². The van der Waals surface area contributed by atoms with Gasteiger partial charge in [-0.2, -0.15) is 13.2 Å². The van der Waals surface area contributed by atoms with E-state index in [1.165, 1.54) is 55.6 Å². The summed E-state index contributed by atoms with van der Waals surface area (Å²) in [4.78, 5) is 90.5. The Morgan fingerprint density at radius 3 is 0.949 bits per heavy atom. The monoisotopic (exact) mass is 1080 g/mol. The van der Waals surface area contributed by atoms with Crippen molar-refractivity contribution >= 4 is 29.5 Å². The summed E-state index contributed by atoms with van der Waals surface area (Å²) in [5.74, 6) is -2.87. The van der Waals surface area contributed by atoms with Crippen LogP contribution in [-0.4, -0.2) is 128 Å². The summed E-state index contributed by atoms with van der Waals surface area (Å²) in [6, 6.07) is 13.6. The first-order valence-corrected chi connectivity index (χ1v) is 24.3. The Balaban J connectivity index is 1.04. The van der Waals surface area contributed by atoms with Gasteiger partial charge in [-0.05, 0) is 53.1 Å². The predicted molar refractivity (Wildman–Crippen MR) is 269 cm³/mol. The van der Waals surface area contributed by atoms with E-state index in [-0.39, 0.29) is 79.7 Å². The molecule has 0 fully saturated rings. The van der Waals surface area contributed by atoms with Crippen LogP contribution in [0.25, 0.3) is 0 Å². The Morgan fingerprint density at radius 1 is 0.397 bits per heavy atom. The molecule has 27 heteroatoms. The highest BCUT2D eigenvalue weighted by Crippen LogP contribution is 2.29. The van der Waals surface area contributed by atoms with Crippen LogP contribution < -0.4 is 55.0 Å². The fourth-order valence-electron chi connectivity index (χ4n) is 7.11. The molecule has 0 radical (unpaired) electrons. The van der Waals surface area contributed by atoms with Crippen molar-refractivity contribution in [1.29, 1.82) is 0 Å². The lowest BCUT2D eigenvalue weighted by Crippen LogP contribution is -2.36. The number of alkyl halides is 3. The number of rotatable bonds is 32. The zero-order chi connectivity index (χ0) is 55.0. The Bertz CT molecular complexity index is 2660. The SMILES string of the molecule is O=C(COc1cc(COc2cc(CNC(=O)C(F)(F)F)cc(OCc3cc(OCC(=O)NCCc4cnc[nH]4)cc(OCC(=O)NCCc4cnc[nH]4)c3)c2)cc(OCC(=O)NCCc2cnc[nH]2)c1)NCCc1cnc[nH]1. The van der Waals surface area contributed by atoms with Gasteiger partial charge in [0.2, 0.25) is 0 Å². The summed E-state index contributed by atoms with van der Waals surface area (Å²) < 4.78 is 75.5. The largest absolute Gasteiger partial charge is 0.489 e. The number of hydrogen-bond acceptors (Lipinski definition) is 15. The van der Waals surface area contributed by atoms with Crippen LogP contribution >= 0.6 is 0 Å². The number of benzene rings is 3. The molecular weight excluding hydrogens is 1030 g/mol. The van der Waals surface area contributed by atoms with Crippen molar-refractivity contribution in [3.63, 3.8) is 0 Å². The standard InChI is InChI=1S/C51H56F3N13O11/c52-51(53,54)50(72)63-18-33-9-40(73-23-34-11-42(75-25-46(68)59-5-1-36-19-55-29-64-36)16-43(12-34)76-26-47(69)60-6-2-37-20-56-30-65-37)15-41(10-33)74-24-35-13-44(77-27-48(70)61-7-3-38-21-57-31-66-38)17-45(14-35)78-28-49(71)62-8-4-39-22-58-32-67-39/h9-17,19-22,29-32H,1-8,18,23-28H2,(H,55,64)(H,56,65)(H,57,66)(H,58,67)(H,59,68)(H,60,69)(H,61,70)(H,62,71)(H,63,72). The van der Waals surface area contributed by atoms with Crippen molar-refractivity contribution in [3.05, 3.63) is 144 Å². The molecule has 0 unspecified atom stereocenters. The Labute approximate surface area is 443 Å². The molecular formula is C51H56F3N13O11. The van der Waals surface area contributed by atoms with Crippen molar-refractivity contribution in [3.8, 4) is 34.5 Å². The fourth-order valence-corrected chi connectivity index (χ4v) is 7.11. The summed E-state index contributed by atoms with van der Waals surface area (Å²) in [6.45, 7) is -1.23. The van der Waals surface area contributed by atoms with Crippen molar-refractivity contribution in [2.24, 2.45) is 0 Å². The molecule has 0 bridgehead atoms. The smallest absolute Gasteiger partial charge is 0.471 e. The number of aromatic nitrogens is 8. The summed E-state index contributed by atoms with van der Waals surface area (Å²) >= 11 is 0. The van der Waals surface area contributed by atoms with E-state index in [4.69, 9.17) is 28.4 Å². The van der Waals surface area contributed by atoms with Gasteiger partial charge in [-0.25, -0.2) is 19.9 Å². The summed E-state index contributed by atoms with van der Waals surface area (Å²) in [6.07, 6.45) is 9.59. The van der Waals surface area contributed by atoms with E-state index in [1.807, 2.05) is 5.32 Å². The highest BCUT2D eigenvalue weighted by molar-refractivity contribution is 5.81. The molecule has 4 heterocycles. The molecule has 78 heavy (non-hydrogen) atoms. The van der Waals surface area contributed by atoms with Gasteiger partial charge >= 0.3 is 12.1 Å². The van der Waals surface area contributed by atoms with Gasteiger partial charge in [-0.1, -0.05) is 0 Å². The molecule has 0 aliphatic carbocycles. The maximum absolute atomic E-state index is 13.3. The number of carbonyl (C=O) groups is 5. The van der Waals surface area contributed by atoms with Crippen LogP contribution in [0.2, 0.25) is 0 Å². The molecule has 412 valence electrons. The zero-order valence-electron chi connectivity index (χ0n) is 41.8. The second-order valence-corrected chi connectivity index (χ2v) is 17.1. The number of carbonyl (C=O) groups excluding carboxylic acids is 5. The van der Waals surface area contributed by atoms with Gasteiger partial charge in [-0.3, -0.25) is 24.0 Å². The first kappa shape index (κ1) is 56.2. The maximum atomic E-state index is 13.3. The molecule has 0 saturated carbocycles. The zero-order valence-corrected chi connectivity index (χ0v) is 41.8. The van der Waals surface area contributed by atoms with E-state index < -0.39 is 42.3 Å². The second-order valence-electron chi connectivity index (χ2n) is 17.1. The van der Waals surface area contributed by atoms with E-state index in [0.717, 1.165) is 22.8 Å². The maximum Gasteiger partial charge on any atom is 0.471 e. The highest BCUT2D eigenvalue weighted by Gasteiger charge is 2.38. The number of amides is 5. The van der Waals surface area contributed by atoms with Gasteiger partial charge < -0.3 is 74.9 Å². The van der Waals surface area contributed by atoms with Gasteiger partial charge in [0.15, 0.2) is 26.4 Å². The Hall–Kier alpha value is -9.56. The number of hydrogen-bond donors (Lipinski definition) is 9. The van der Waals surface area contributed by atoms with Crippen LogP contribution in [0.15, 0.2) is 105 Å². The summed E-state index contributed by atoms with van der Waals surface area (Å²) in [5.41, 5.74) is 4.35. The molecule has 0 atom stereocenters. The third-order valence-electron chi connectivity index (χ3n) is 10.9. The van der Waals surface area contributed by atoms with Crippen LogP contribution in [0.4, 0.5) is 13.2 Å².